The van der Waals surface area contributed by atoms with Crippen LogP contribution in [0.3, 0.4) is 0 Å². The summed E-state index contributed by atoms with van der Waals surface area (Å²) in [6, 6.07) is 0. The first-order chi connectivity index (χ1) is 8.33. The molecular weight excluding hydrogens is 208 g/mol. The minimum atomic E-state index is 0.963. The zero-order valence-corrected chi connectivity index (χ0v) is 11.7. The lowest BCUT2D eigenvalue weighted by Gasteiger charge is -2.20. The summed E-state index contributed by atoms with van der Waals surface area (Å²) in [6.45, 7) is 3.35. The summed E-state index contributed by atoms with van der Waals surface area (Å²) >= 11 is 0. The SMILES string of the molecule is CC1CCCCC1.NNCCC1CCCCC1. The Morgan fingerprint density at radius 1 is 0.882 bits per heavy atom. The van der Waals surface area contributed by atoms with Crippen molar-refractivity contribution in [3.05, 3.63) is 0 Å². The molecule has 0 unspecified atom stereocenters. The molecule has 2 saturated carbocycles. The van der Waals surface area contributed by atoms with Gasteiger partial charge in [-0.3, -0.25) is 11.3 Å². The van der Waals surface area contributed by atoms with Gasteiger partial charge in [0.05, 0.1) is 0 Å². The maximum absolute atomic E-state index is 5.20. The number of hydrogen-bond donors (Lipinski definition) is 2. The lowest BCUT2D eigenvalue weighted by molar-refractivity contribution is 0.335. The van der Waals surface area contributed by atoms with E-state index in [0.29, 0.717) is 0 Å². The van der Waals surface area contributed by atoms with Crippen molar-refractivity contribution in [2.24, 2.45) is 17.7 Å². The molecule has 2 fully saturated rings. The van der Waals surface area contributed by atoms with Crippen LogP contribution in [0.4, 0.5) is 0 Å². The number of nitrogens with two attached hydrogens (primary N) is 1. The second-order valence-corrected chi connectivity index (χ2v) is 5.99. The van der Waals surface area contributed by atoms with Gasteiger partial charge in [-0.05, 0) is 18.3 Å². The van der Waals surface area contributed by atoms with Crippen LogP contribution >= 0.6 is 0 Å². The van der Waals surface area contributed by atoms with Crippen molar-refractivity contribution in [1.82, 2.24) is 5.43 Å². The number of rotatable bonds is 3. The van der Waals surface area contributed by atoms with Gasteiger partial charge in [0, 0.05) is 6.54 Å². The average molecular weight is 240 g/mol. The molecule has 0 aromatic heterocycles. The molecule has 2 aliphatic rings. The van der Waals surface area contributed by atoms with E-state index in [2.05, 4.69) is 12.3 Å². The molecule has 0 amide bonds. The van der Waals surface area contributed by atoms with E-state index < -0.39 is 0 Å². The van der Waals surface area contributed by atoms with Crippen LogP contribution in [0.25, 0.3) is 0 Å². The van der Waals surface area contributed by atoms with Crippen molar-refractivity contribution in [2.75, 3.05) is 6.54 Å². The highest BCUT2D eigenvalue weighted by Gasteiger charge is 2.11. The normalized spacial score (nSPS) is 22.9. The maximum atomic E-state index is 5.20. The molecule has 2 heteroatoms. The standard InChI is InChI=1S/C8H18N2.C7H14/c9-10-7-6-8-4-2-1-3-5-8;1-7-5-3-2-4-6-7/h8,10H,1-7,9H2;7H,2-6H2,1H3. The van der Waals surface area contributed by atoms with Crippen LogP contribution < -0.4 is 11.3 Å². The van der Waals surface area contributed by atoms with Gasteiger partial charge in [-0.25, -0.2) is 0 Å². The molecule has 2 aliphatic carbocycles. The molecule has 0 aromatic rings. The highest BCUT2D eigenvalue weighted by Crippen LogP contribution is 2.25. The van der Waals surface area contributed by atoms with E-state index >= 15 is 0 Å². The summed E-state index contributed by atoms with van der Waals surface area (Å²) in [5, 5.41) is 0. The fraction of sp³-hybridized carbons (Fsp3) is 1.00. The van der Waals surface area contributed by atoms with Gasteiger partial charge in [-0.15, -0.1) is 0 Å². The molecule has 0 saturated heterocycles. The predicted molar refractivity (Wildman–Crippen MR) is 75.6 cm³/mol. The molecule has 0 aliphatic heterocycles. The Morgan fingerprint density at radius 3 is 1.82 bits per heavy atom. The van der Waals surface area contributed by atoms with E-state index in [-0.39, 0.29) is 0 Å². The summed E-state index contributed by atoms with van der Waals surface area (Å²) in [5.74, 6) is 7.19. The molecule has 0 bridgehead atoms. The second kappa shape index (κ2) is 9.90. The zero-order chi connectivity index (χ0) is 12.3. The molecule has 102 valence electrons. The Morgan fingerprint density at radius 2 is 1.41 bits per heavy atom. The molecule has 0 radical (unpaired) electrons. The second-order valence-electron chi connectivity index (χ2n) is 5.99. The third-order valence-electron chi connectivity index (χ3n) is 4.32. The van der Waals surface area contributed by atoms with E-state index in [0.717, 1.165) is 18.4 Å². The van der Waals surface area contributed by atoms with E-state index in [1.165, 1.54) is 70.6 Å². The van der Waals surface area contributed by atoms with Crippen LogP contribution in [0.5, 0.6) is 0 Å². The zero-order valence-electron chi connectivity index (χ0n) is 11.7. The number of hydrazine groups is 1. The molecule has 0 atom stereocenters. The van der Waals surface area contributed by atoms with E-state index in [1.54, 1.807) is 0 Å². The fourth-order valence-corrected chi connectivity index (χ4v) is 3.07. The minimum absolute atomic E-state index is 0.963. The maximum Gasteiger partial charge on any atom is 0.01000 e. The van der Waals surface area contributed by atoms with Gasteiger partial charge in [0.15, 0.2) is 0 Å². The summed E-state index contributed by atoms with van der Waals surface area (Å²) in [6.07, 6.45) is 15.9. The Labute approximate surface area is 108 Å². The first-order valence-corrected chi connectivity index (χ1v) is 7.76. The lowest BCUT2D eigenvalue weighted by Crippen LogP contribution is -2.25. The summed E-state index contributed by atoms with van der Waals surface area (Å²) in [4.78, 5) is 0. The Balaban J connectivity index is 0.000000181. The molecule has 0 spiro atoms. The fourth-order valence-electron chi connectivity index (χ4n) is 3.07. The van der Waals surface area contributed by atoms with Gasteiger partial charge in [-0.1, -0.05) is 71.1 Å². The largest absolute Gasteiger partial charge is 0.271 e. The minimum Gasteiger partial charge on any atom is -0.271 e. The smallest absolute Gasteiger partial charge is 0.01000 e. The molecule has 0 aromatic carbocycles. The number of nitrogens with one attached hydrogen (secondary N) is 1. The van der Waals surface area contributed by atoms with Gasteiger partial charge < -0.3 is 0 Å². The van der Waals surface area contributed by atoms with Crippen LogP contribution in [-0.4, -0.2) is 6.54 Å². The van der Waals surface area contributed by atoms with Gasteiger partial charge in [0.25, 0.3) is 0 Å². The van der Waals surface area contributed by atoms with Crippen molar-refractivity contribution in [3.63, 3.8) is 0 Å². The highest BCUT2D eigenvalue weighted by molar-refractivity contribution is 4.65. The Kier molecular flexibility index (Phi) is 8.72. The monoisotopic (exact) mass is 240 g/mol. The van der Waals surface area contributed by atoms with Crippen LogP contribution in [0, 0.1) is 11.8 Å². The van der Waals surface area contributed by atoms with Crippen molar-refractivity contribution < 1.29 is 0 Å². The van der Waals surface area contributed by atoms with E-state index in [1.807, 2.05) is 0 Å². The first kappa shape index (κ1) is 15.0. The molecule has 2 nitrogen and oxygen atoms in total. The summed E-state index contributed by atoms with van der Waals surface area (Å²) in [5.41, 5.74) is 2.71. The molecule has 3 N–H and O–H groups in total. The van der Waals surface area contributed by atoms with Crippen molar-refractivity contribution >= 4 is 0 Å². The molecule has 0 heterocycles. The van der Waals surface area contributed by atoms with Crippen molar-refractivity contribution in [2.45, 2.75) is 77.6 Å². The molecule has 17 heavy (non-hydrogen) atoms. The Hall–Kier alpha value is -0.0800. The topological polar surface area (TPSA) is 38.0 Å². The van der Waals surface area contributed by atoms with Crippen molar-refractivity contribution in [3.8, 4) is 0 Å². The van der Waals surface area contributed by atoms with Crippen LogP contribution in [-0.2, 0) is 0 Å². The van der Waals surface area contributed by atoms with Gasteiger partial charge in [0.2, 0.25) is 0 Å². The quantitative estimate of drug-likeness (QED) is 0.578. The predicted octanol–water partition coefficient (Wildman–Crippen LogP) is 4.01. The molecule has 2 rings (SSSR count). The van der Waals surface area contributed by atoms with E-state index in [4.69, 9.17) is 5.84 Å². The third-order valence-corrected chi connectivity index (χ3v) is 4.32. The average Bonchev–Trinajstić information content (AvgIpc) is 2.39. The van der Waals surface area contributed by atoms with E-state index in [9.17, 15) is 0 Å². The first-order valence-electron chi connectivity index (χ1n) is 7.76. The van der Waals surface area contributed by atoms with Crippen LogP contribution in [0.15, 0.2) is 0 Å². The van der Waals surface area contributed by atoms with Gasteiger partial charge in [0.1, 0.15) is 0 Å². The van der Waals surface area contributed by atoms with Gasteiger partial charge in [-0.2, -0.15) is 0 Å². The molecular formula is C15H32N2. The lowest BCUT2D eigenvalue weighted by atomic mass is 9.87. The van der Waals surface area contributed by atoms with Crippen molar-refractivity contribution in [1.29, 1.82) is 0 Å². The van der Waals surface area contributed by atoms with Crippen LogP contribution in [0.2, 0.25) is 0 Å². The number of hydrogen-bond acceptors (Lipinski definition) is 2. The summed E-state index contributed by atoms with van der Waals surface area (Å²) in [7, 11) is 0. The highest BCUT2D eigenvalue weighted by atomic mass is 15.2. The third kappa shape index (κ3) is 7.77. The van der Waals surface area contributed by atoms with Gasteiger partial charge >= 0.3 is 0 Å². The van der Waals surface area contributed by atoms with Crippen LogP contribution in [0.1, 0.15) is 77.6 Å². The summed E-state index contributed by atoms with van der Waals surface area (Å²) < 4.78 is 0. The Bertz CT molecular complexity index is 158.